The molecule has 0 saturated carbocycles. The standard InChI is InChI=1S/C10H16O3/c1-2-12-6-4-10(11)7-9-3-5-13-8-9/h3,5,8,10-11H,2,4,6-7H2,1H3. The Labute approximate surface area is 78.3 Å². The first-order chi connectivity index (χ1) is 6.33. The highest BCUT2D eigenvalue weighted by Gasteiger charge is 2.05. The van der Waals surface area contributed by atoms with Gasteiger partial charge in [-0.05, 0) is 25.0 Å². The third-order valence-electron chi connectivity index (χ3n) is 1.85. The summed E-state index contributed by atoms with van der Waals surface area (Å²) in [6.07, 6.45) is 4.26. The van der Waals surface area contributed by atoms with Gasteiger partial charge < -0.3 is 14.3 Å². The first-order valence-corrected chi connectivity index (χ1v) is 4.59. The van der Waals surface area contributed by atoms with Crippen molar-refractivity contribution >= 4 is 0 Å². The molecule has 1 atom stereocenters. The maximum atomic E-state index is 9.53. The predicted octanol–water partition coefficient (Wildman–Crippen LogP) is 1.61. The monoisotopic (exact) mass is 184 g/mol. The Morgan fingerprint density at radius 3 is 3.08 bits per heavy atom. The summed E-state index contributed by atoms with van der Waals surface area (Å²) in [6, 6.07) is 1.86. The van der Waals surface area contributed by atoms with Gasteiger partial charge >= 0.3 is 0 Å². The van der Waals surface area contributed by atoms with Gasteiger partial charge in [0.15, 0.2) is 0 Å². The van der Waals surface area contributed by atoms with Crippen LogP contribution in [0.15, 0.2) is 23.0 Å². The Morgan fingerprint density at radius 1 is 1.62 bits per heavy atom. The molecule has 3 heteroatoms. The van der Waals surface area contributed by atoms with Crippen molar-refractivity contribution in [3.63, 3.8) is 0 Å². The van der Waals surface area contributed by atoms with Crippen molar-refractivity contribution < 1.29 is 14.3 Å². The van der Waals surface area contributed by atoms with Crippen molar-refractivity contribution in [3.8, 4) is 0 Å². The van der Waals surface area contributed by atoms with Gasteiger partial charge in [-0.25, -0.2) is 0 Å². The van der Waals surface area contributed by atoms with Gasteiger partial charge in [0, 0.05) is 19.6 Å². The molecule has 74 valence electrons. The molecule has 0 bridgehead atoms. The van der Waals surface area contributed by atoms with Gasteiger partial charge in [-0.3, -0.25) is 0 Å². The van der Waals surface area contributed by atoms with E-state index in [1.54, 1.807) is 12.5 Å². The molecule has 1 N–H and O–H groups in total. The average molecular weight is 184 g/mol. The minimum absolute atomic E-state index is 0.329. The lowest BCUT2D eigenvalue weighted by molar-refractivity contribution is 0.0886. The van der Waals surface area contributed by atoms with E-state index < -0.39 is 0 Å². The molecule has 1 heterocycles. The minimum atomic E-state index is -0.329. The molecule has 1 unspecified atom stereocenters. The second-order valence-corrected chi connectivity index (χ2v) is 2.98. The summed E-state index contributed by atoms with van der Waals surface area (Å²) in [5, 5.41) is 9.53. The van der Waals surface area contributed by atoms with Crippen molar-refractivity contribution in [2.75, 3.05) is 13.2 Å². The molecule has 0 fully saturated rings. The molecule has 13 heavy (non-hydrogen) atoms. The second-order valence-electron chi connectivity index (χ2n) is 2.98. The summed E-state index contributed by atoms with van der Waals surface area (Å²) in [5.74, 6) is 0. The van der Waals surface area contributed by atoms with Crippen molar-refractivity contribution in [2.24, 2.45) is 0 Å². The van der Waals surface area contributed by atoms with E-state index in [4.69, 9.17) is 9.15 Å². The fraction of sp³-hybridized carbons (Fsp3) is 0.600. The molecule has 0 aliphatic heterocycles. The maximum absolute atomic E-state index is 9.53. The van der Waals surface area contributed by atoms with Crippen LogP contribution >= 0.6 is 0 Å². The van der Waals surface area contributed by atoms with Crippen LogP contribution in [-0.4, -0.2) is 24.4 Å². The molecular weight excluding hydrogens is 168 g/mol. The topological polar surface area (TPSA) is 42.6 Å². The van der Waals surface area contributed by atoms with Crippen LogP contribution in [0.1, 0.15) is 18.9 Å². The van der Waals surface area contributed by atoms with Gasteiger partial charge in [0.1, 0.15) is 0 Å². The van der Waals surface area contributed by atoms with Gasteiger partial charge in [0.05, 0.1) is 18.6 Å². The molecule has 0 aliphatic carbocycles. The van der Waals surface area contributed by atoms with E-state index in [1.165, 1.54) is 0 Å². The lowest BCUT2D eigenvalue weighted by atomic mass is 10.1. The number of ether oxygens (including phenoxy) is 1. The van der Waals surface area contributed by atoms with Crippen LogP contribution < -0.4 is 0 Å². The van der Waals surface area contributed by atoms with E-state index in [0.29, 0.717) is 26.1 Å². The number of furan rings is 1. The molecular formula is C10H16O3. The van der Waals surface area contributed by atoms with Gasteiger partial charge in [-0.15, -0.1) is 0 Å². The number of hydrogen-bond donors (Lipinski definition) is 1. The molecule has 3 nitrogen and oxygen atoms in total. The zero-order chi connectivity index (χ0) is 9.52. The van der Waals surface area contributed by atoms with Gasteiger partial charge in [-0.1, -0.05) is 0 Å². The zero-order valence-electron chi connectivity index (χ0n) is 7.90. The molecule has 1 aromatic rings. The summed E-state index contributed by atoms with van der Waals surface area (Å²) in [4.78, 5) is 0. The number of aliphatic hydroxyl groups is 1. The van der Waals surface area contributed by atoms with Crippen LogP contribution in [0.25, 0.3) is 0 Å². The lowest BCUT2D eigenvalue weighted by Crippen LogP contribution is -2.13. The molecule has 0 aromatic carbocycles. The van der Waals surface area contributed by atoms with Gasteiger partial charge in [0.25, 0.3) is 0 Å². The van der Waals surface area contributed by atoms with Crippen LogP contribution in [0.4, 0.5) is 0 Å². The van der Waals surface area contributed by atoms with Crippen molar-refractivity contribution in [1.29, 1.82) is 0 Å². The summed E-state index contributed by atoms with van der Waals surface area (Å²) < 4.78 is 10.0. The highest BCUT2D eigenvalue weighted by Crippen LogP contribution is 2.06. The van der Waals surface area contributed by atoms with Crippen LogP contribution in [0, 0.1) is 0 Å². The van der Waals surface area contributed by atoms with Crippen LogP contribution in [0.5, 0.6) is 0 Å². The third kappa shape index (κ3) is 4.10. The number of rotatable bonds is 6. The van der Waals surface area contributed by atoms with Crippen LogP contribution in [0.3, 0.4) is 0 Å². The Morgan fingerprint density at radius 2 is 2.46 bits per heavy atom. The van der Waals surface area contributed by atoms with E-state index in [1.807, 2.05) is 13.0 Å². The lowest BCUT2D eigenvalue weighted by Gasteiger charge is -2.08. The zero-order valence-corrected chi connectivity index (χ0v) is 7.90. The molecule has 0 saturated heterocycles. The second kappa shape index (κ2) is 5.78. The van der Waals surface area contributed by atoms with E-state index in [-0.39, 0.29) is 6.10 Å². The normalized spacial score (nSPS) is 13.1. The van der Waals surface area contributed by atoms with E-state index in [2.05, 4.69) is 0 Å². The fourth-order valence-electron chi connectivity index (χ4n) is 1.15. The summed E-state index contributed by atoms with van der Waals surface area (Å²) >= 11 is 0. The van der Waals surface area contributed by atoms with Crippen molar-refractivity contribution in [1.82, 2.24) is 0 Å². The molecule has 0 amide bonds. The largest absolute Gasteiger partial charge is 0.472 e. The third-order valence-corrected chi connectivity index (χ3v) is 1.85. The summed E-state index contributed by atoms with van der Waals surface area (Å²) in [7, 11) is 0. The van der Waals surface area contributed by atoms with Gasteiger partial charge in [-0.2, -0.15) is 0 Å². The summed E-state index contributed by atoms with van der Waals surface area (Å²) in [6.45, 7) is 3.27. The number of aliphatic hydroxyl groups excluding tert-OH is 1. The number of hydrogen-bond acceptors (Lipinski definition) is 3. The maximum Gasteiger partial charge on any atom is 0.0935 e. The van der Waals surface area contributed by atoms with Gasteiger partial charge in [0.2, 0.25) is 0 Å². The molecule has 0 radical (unpaired) electrons. The quantitative estimate of drug-likeness (QED) is 0.683. The fourth-order valence-corrected chi connectivity index (χ4v) is 1.15. The first-order valence-electron chi connectivity index (χ1n) is 4.59. The molecule has 0 spiro atoms. The Balaban J connectivity index is 2.14. The highest BCUT2D eigenvalue weighted by atomic mass is 16.5. The SMILES string of the molecule is CCOCCC(O)Cc1ccoc1. The van der Waals surface area contributed by atoms with E-state index in [0.717, 1.165) is 5.56 Å². The minimum Gasteiger partial charge on any atom is -0.472 e. The van der Waals surface area contributed by atoms with Crippen LogP contribution in [-0.2, 0) is 11.2 Å². The van der Waals surface area contributed by atoms with E-state index in [9.17, 15) is 5.11 Å². The summed E-state index contributed by atoms with van der Waals surface area (Å²) in [5.41, 5.74) is 1.03. The van der Waals surface area contributed by atoms with Crippen LogP contribution in [0.2, 0.25) is 0 Å². The predicted molar refractivity (Wildman–Crippen MR) is 49.5 cm³/mol. The van der Waals surface area contributed by atoms with Crippen molar-refractivity contribution in [3.05, 3.63) is 24.2 Å². The molecule has 0 aliphatic rings. The Hall–Kier alpha value is -0.800. The van der Waals surface area contributed by atoms with Crippen molar-refractivity contribution in [2.45, 2.75) is 25.9 Å². The Kier molecular flexibility index (Phi) is 4.57. The molecule has 1 aromatic heterocycles. The highest BCUT2D eigenvalue weighted by molar-refractivity contribution is 5.06. The average Bonchev–Trinajstić information content (AvgIpc) is 2.57. The Bertz CT molecular complexity index is 206. The smallest absolute Gasteiger partial charge is 0.0935 e. The first kappa shape index (κ1) is 10.3. The van der Waals surface area contributed by atoms with E-state index >= 15 is 0 Å². The molecule has 1 rings (SSSR count).